The minimum absolute atomic E-state index is 0.295. The Morgan fingerprint density at radius 1 is 1.36 bits per heavy atom. The molecule has 1 unspecified atom stereocenters. The van der Waals surface area contributed by atoms with Gasteiger partial charge in [-0.3, -0.25) is 0 Å². The van der Waals surface area contributed by atoms with Crippen molar-refractivity contribution in [2.75, 3.05) is 7.11 Å². The van der Waals surface area contributed by atoms with E-state index in [4.69, 9.17) is 16.3 Å². The van der Waals surface area contributed by atoms with E-state index < -0.39 is 17.3 Å². The summed E-state index contributed by atoms with van der Waals surface area (Å²) in [7, 11) is 1.33. The minimum Gasteiger partial charge on any atom is -0.361 e. The molecule has 0 N–H and O–H groups in total. The van der Waals surface area contributed by atoms with Gasteiger partial charge in [0.25, 0.3) is 0 Å². The Hall–Kier alpha value is -0.740. The smallest absolute Gasteiger partial charge is 0.361 e. The molecule has 1 aromatic rings. The third kappa shape index (κ3) is 2.62. The first-order valence-corrected chi connectivity index (χ1v) is 4.23. The lowest BCUT2D eigenvalue weighted by Crippen LogP contribution is -2.06. The van der Waals surface area contributed by atoms with Crippen molar-refractivity contribution in [1.82, 2.24) is 0 Å². The summed E-state index contributed by atoms with van der Waals surface area (Å²) in [4.78, 5) is 0. The highest BCUT2D eigenvalue weighted by molar-refractivity contribution is 6.19. The van der Waals surface area contributed by atoms with Crippen LogP contribution in [0.3, 0.4) is 0 Å². The van der Waals surface area contributed by atoms with Gasteiger partial charge >= 0.3 is 6.18 Å². The molecule has 0 saturated heterocycles. The van der Waals surface area contributed by atoms with Crippen LogP contribution in [-0.4, -0.2) is 7.11 Å². The number of rotatable bonds is 2. The van der Waals surface area contributed by atoms with Crippen molar-refractivity contribution in [3.8, 4) is 0 Å². The fraction of sp³-hybridized carbons (Fsp3) is 0.333. The van der Waals surface area contributed by atoms with Gasteiger partial charge in [-0.1, -0.05) is 23.7 Å². The highest BCUT2D eigenvalue weighted by Gasteiger charge is 2.30. The van der Waals surface area contributed by atoms with Crippen molar-refractivity contribution >= 4 is 11.6 Å². The summed E-state index contributed by atoms with van der Waals surface area (Å²) >= 11 is 5.62. The Bertz CT molecular complexity index is 311. The summed E-state index contributed by atoms with van der Waals surface area (Å²) in [5, 5.41) is 0. The van der Waals surface area contributed by atoms with Crippen LogP contribution < -0.4 is 0 Å². The third-order valence-corrected chi connectivity index (χ3v) is 2.11. The second kappa shape index (κ2) is 4.19. The molecule has 1 nitrogen and oxygen atoms in total. The van der Waals surface area contributed by atoms with Crippen LogP contribution >= 0.6 is 11.6 Å². The predicted molar refractivity (Wildman–Crippen MR) is 47.0 cm³/mol. The van der Waals surface area contributed by atoms with Crippen LogP contribution in [0, 0.1) is 0 Å². The number of hydrogen-bond donors (Lipinski definition) is 0. The lowest BCUT2D eigenvalue weighted by molar-refractivity contribution is -0.137. The molecule has 0 aliphatic heterocycles. The maximum Gasteiger partial charge on any atom is 0.416 e. The number of benzene rings is 1. The molecule has 0 radical (unpaired) electrons. The summed E-state index contributed by atoms with van der Waals surface area (Å²) in [5.74, 6) is 0. The van der Waals surface area contributed by atoms with Crippen molar-refractivity contribution in [2.45, 2.75) is 11.7 Å². The van der Waals surface area contributed by atoms with Crippen molar-refractivity contribution in [2.24, 2.45) is 0 Å². The molecule has 14 heavy (non-hydrogen) atoms. The van der Waals surface area contributed by atoms with Crippen LogP contribution in [0.1, 0.15) is 16.7 Å². The number of alkyl halides is 4. The zero-order valence-electron chi connectivity index (χ0n) is 7.31. The lowest BCUT2D eigenvalue weighted by Gasteiger charge is -2.11. The molecule has 1 rings (SSSR count). The van der Waals surface area contributed by atoms with E-state index in [9.17, 15) is 13.2 Å². The van der Waals surface area contributed by atoms with Crippen LogP contribution in [0.4, 0.5) is 13.2 Å². The van der Waals surface area contributed by atoms with E-state index in [0.717, 1.165) is 12.1 Å². The Labute approximate surface area is 84.4 Å². The van der Waals surface area contributed by atoms with E-state index in [-0.39, 0.29) is 0 Å². The monoisotopic (exact) mass is 224 g/mol. The van der Waals surface area contributed by atoms with Gasteiger partial charge in [-0.2, -0.15) is 13.2 Å². The second-order valence-corrected chi connectivity index (χ2v) is 3.07. The van der Waals surface area contributed by atoms with Crippen molar-refractivity contribution in [3.05, 3.63) is 35.4 Å². The van der Waals surface area contributed by atoms with Gasteiger partial charge in [0, 0.05) is 7.11 Å². The second-order valence-electron chi connectivity index (χ2n) is 2.67. The van der Waals surface area contributed by atoms with Crippen LogP contribution in [0.2, 0.25) is 0 Å². The normalized spacial score (nSPS) is 14.1. The van der Waals surface area contributed by atoms with Crippen LogP contribution in [-0.2, 0) is 10.9 Å². The van der Waals surface area contributed by atoms with E-state index in [2.05, 4.69) is 0 Å². The van der Waals surface area contributed by atoms with Gasteiger partial charge in [0.05, 0.1) is 5.56 Å². The molecule has 0 aliphatic carbocycles. The first kappa shape index (κ1) is 11.3. The maximum absolute atomic E-state index is 12.3. The van der Waals surface area contributed by atoms with Crippen molar-refractivity contribution < 1.29 is 17.9 Å². The van der Waals surface area contributed by atoms with Crippen molar-refractivity contribution in [3.63, 3.8) is 0 Å². The molecule has 0 spiro atoms. The Kier molecular flexibility index (Phi) is 3.39. The molecule has 1 atom stereocenters. The SMILES string of the molecule is COC(Cl)c1cccc(C(F)(F)F)c1. The van der Waals surface area contributed by atoms with E-state index in [0.29, 0.717) is 5.56 Å². The Balaban J connectivity index is 3.01. The molecule has 0 aromatic heterocycles. The van der Waals surface area contributed by atoms with Crippen molar-refractivity contribution in [1.29, 1.82) is 0 Å². The van der Waals surface area contributed by atoms with Gasteiger partial charge in [-0.25, -0.2) is 0 Å². The molecule has 0 heterocycles. The van der Waals surface area contributed by atoms with Crippen LogP contribution in [0.25, 0.3) is 0 Å². The van der Waals surface area contributed by atoms with Crippen LogP contribution in [0.15, 0.2) is 24.3 Å². The van der Waals surface area contributed by atoms with Gasteiger partial charge in [0.15, 0.2) is 5.56 Å². The first-order valence-electron chi connectivity index (χ1n) is 3.79. The topological polar surface area (TPSA) is 9.23 Å². The quantitative estimate of drug-likeness (QED) is 0.698. The van der Waals surface area contributed by atoms with E-state index >= 15 is 0 Å². The summed E-state index contributed by atoms with van der Waals surface area (Å²) in [6, 6.07) is 4.74. The van der Waals surface area contributed by atoms with Gasteiger partial charge in [-0.15, -0.1) is 0 Å². The van der Waals surface area contributed by atoms with Gasteiger partial charge in [-0.05, 0) is 17.7 Å². The summed E-state index contributed by atoms with van der Waals surface area (Å²) in [6.45, 7) is 0. The highest BCUT2D eigenvalue weighted by atomic mass is 35.5. The molecule has 0 aliphatic rings. The fourth-order valence-electron chi connectivity index (χ4n) is 0.992. The molecular formula is C9H8ClF3O. The molecule has 1 aromatic carbocycles. The van der Waals surface area contributed by atoms with E-state index in [1.54, 1.807) is 0 Å². The predicted octanol–water partition coefficient (Wildman–Crippen LogP) is 3.59. The zero-order valence-corrected chi connectivity index (χ0v) is 8.06. The third-order valence-electron chi connectivity index (χ3n) is 1.68. The fourth-order valence-corrected chi connectivity index (χ4v) is 1.13. The Morgan fingerprint density at radius 2 is 2.00 bits per heavy atom. The lowest BCUT2D eigenvalue weighted by atomic mass is 10.1. The number of halogens is 4. The molecule has 78 valence electrons. The summed E-state index contributed by atoms with van der Waals surface area (Å²) in [5.41, 5.74) is -1.28. The molecule has 0 bridgehead atoms. The van der Waals surface area contributed by atoms with E-state index in [1.807, 2.05) is 0 Å². The number of ether oxygens (including phenoxy) is 1. The average Bonchev–Trinajstić information content (AvgIpc) is 2.15. The molecular weight excluding hydrogens is 217 g/mol. The highest BCUT2D eigenvalue weighted by Crippen LogP contribution is 2.31. The standard InChI is InChI=1S/C9H8ClF3O/c1-14-8(10)6-3-2-4-7(5-6)9(11,12)13/h2-5,8H,1H3. The molecule has 0 fully saturated rings. The maximum atomic E-state index is 12.3. The van der Waals surface area contributed by atoms with Crippen LogP contribution in [0.5, 0.6) is 0 Å². The van der Waals surface area contributed by atoms with Gasteiger partial charge < -0.3 is 4.74 Å². The van der Waals surface area contributed by atoms with Gasteiger partial charge in [0.1, 0.15) is 0 Å². The summed E-state index contributed by atoms with van der Waals surface area (Å²) in [6.07, 6.45) is -4.35. The largest absolute Gasteiger partial charge is 0.416 e. The molecule has 0 saturated carbocycles. The zero-order chi connectivity index (χ0) is 10.8. The first-order chi connectivity index (χ1) is 6.45. The molecule has 5 heteroatoms. The number of hydrogen-bond acceptors (Lipinski definition) is 1. The van der Waals surface area contributed by atoms with E-state index in [1.165, 1.54) is 19.2 Å². The summed E-state index contributed by atoms with van der Waals surface area (Å²) < 4.78 is 41.5. The van der Waals surface area contributed by atoms with Gasteiger partial charge in [0.2, 0.25) is 0 Å². The minimum atomic E-state index is -4.35. The molecule has 0 amide bonds. The Morgan fingerprint density at radius 3 is 2.50 bits per heavy atom. The average molecular weight is 225 g/mol. The number of methoxy groups -OCH3 is 1.